The molecular formula is C29H28N6O3. The van der Waals surface area contributed by atoms with E-state index in [0.29, 0.717) is 17.4 Å². The summed E-state index contributed by atoms with van der Waals surface area (Å²) in [4.78, 5) is 25.1. The summed E-state index contributed by atoms with van der Waals surface area (Å²) in [7, 11) is 3.18. The number of rotatable bonds is 8. The summed E-state index contributed by atoms with van der Waals surface area (Å²) in [5.74, 6) is 2.16. The van der Waals surface area contributed by atoms with E-state index in [0.717, 1.165) is 45.9 Å². The molecule has 3 aromatic heterocycles. The summed E-state index contributed by atoms with van der Waals surface area (Å²) >= 11 is 0. The number of imidazole rings is 1. The normalized spacial score (nSPS) is 10.8. The summed E-state index contributed by atoms with van der Waals surface area (Å²) in [6.45, 7) is 4.90. The van der Waals surface area contributed by atoms with Crippen LogP contribution in [0.25, 0.3) is 22.2 Å². The number of carbonyl (C=O) groups excluding carboxylic acids is 1. The lowest BCUT2D eigenvalue weighted by Crippen LogP contribution is -2.18. The molecule has 2 N–H and O–H groups in total. The zero-order valence-electron chi connectivity index (χ0n) is 21.6. The molecule has 0 bridgehead atoms. The summed E-state index contributed by atoms with van der Waals surface area (Å²) in [5, 5.41) is 6.05. The molecule has 3 heterocycles. The van der Waals surface area contributed by atoms with Gasteiger partial charge < -0.3 is 24.7 Å². The van der Waals surface area contributed by atoms with E-state index >= 15 is 0 Å². The maximum atomic E-state index is 11.9. The number of methoxy groups -OCH3 is 1. The summed E-state index contributed by atoms with van der Waals surface area (Å²) in [5.41, 5.74) is 6.23. The van der Waals surface area contributed by atoms with Crippen LogP contribution in [0.1, 0.15) is 23.0 Å². The van der Waals surface area contributed by atoms with E-state index in [1.165, 1.54) is 0 Å². The number of amides is 1. The second kappa shape index (κ2) is 10.6. The number of aromatic nitrogens is 4. The maximum Gasteiger partial charge on any atom is 0.269 e. The molecule has 0 radical (unpaired) electrons. The highest BCUT2D eigenvalue weighted by molar-refractivity contribution is 5.92. The van der Waals surface area contributed by atoms with Crippen molar-refractivity contribution in [3.63, 3.8) is 0 Å². The number of anilines is 2. The minimum Gasteiger partial charge on any atom is -0.481 e. The van der Waals surface area contributed by atoms with Gasteiger partial charge in [-0.25, -0.2) is 9.97 Å². The van der Waals surface area contributed by atoms with Crippen LogP contribution in [0.4, 0.5) is 11.6 Å². The Kier molecular flexibility index (Phi) is 6.90. The Hall–Kier alpha value is -4.92. The lowest BCUT2D eigenvalue weighted by atomic mass is 10.0. The molecule has 9 heteroatoms. The zero-order chi connectivity index (χ0) is 26.6. The average Bonchev–Trinajstić information content (AvgIpc) is 3.29. The fourth-order valence-electron chi connectivity index (χ4n) is 4.28. The highest BCUT2D eigenvalue weighted by Crippen LogP contribution is 2.32. The van der Waals surface area contributed by atoms with Crippen LogP contribution in [-0.4, -0.2) is 39.6 Å². The molecule has 0 aliphatic carbocycles. The highest BCUT2D eigenvalue weighted by atomic mass is 16.5. The molecule has 0 saturated carbocycles. The Morgan fingerprint density at radius 2 is 1.79 bits per heavy atom. The SMILES string of the molecule is CCn1c(Nc2ccc(C)c(-c3ccnc(OC)c3)c2)nc2cc(Oc3ccnc(C(=O)NC)c3)ccc21. The van der Waals surface area contributed by atoms with Crippen LogP contribution in [0.3, 0.4) is 0 Å². The number of aryl methyl sites for hydroxylation is 2. The van der Waals surface area contributed by atoms with Crippen LogP contribution in [-0.2, 0) is 6.54 Å². The number of carbonyl (C=O) groups is 1. The van der Waals surface area contributed by atoms with Crippen molar-refractivity contribution in [2.24, 2.45) is 0 Å². The lowest BCUT2D eigenvalue weighted by molar-refractivity contribution is 0.0958. The third-order valence-electron chi connectivity index (χ3n) is 6.21. The van der Waals surface area contributed by atoms with E-state index in [1.807, 2.05) is 36.4 Å². The monoisotopic (exact) mass is 508 g/mol. The maximum absolute atomic E-state index is 11.9. The Balaban J connectivity index is 1.44. The fraction of sp³-hybridized carbons (Fsp3) is 0.172. The van der Waals surface area contributed by atoms with E-state index in [-0.39, 0.29) is 11.6 Å². The molecular weight excluding hydrogens is 480 g/mol. The van der Waals surface area contributed by atoms with Crippen molar-refractivity contribution in [1.29, 1.82) is 0 Å². The lowest BCUT2D eigenvalue weighted by Gasteiger charge is -2.12. The van der Waals surface area contributed by atoms with Gasteiger partial charge in [0.25, 0.3) is 5.91 Å². The van der Waals surface area contributed by atoms with Gasteiger partial charge in [-0.05, 0) is 66.9 Å². The van der Waals surface area contributed by atoms with Crippen molar-refractivity contribution < 1.29 is 14.3 Å². The van der Waals surface area contributed by atoms with Gasteiger partial charge in [0.2, 0.25) is 11.8 Å². The largest absolute Gasteiger partial charge is 0.481 e. The van der Waals surface area contributed by atoms with Crippen molar-refractivity contribution in [3.05, 3.63) is 84.3 Å². The van der Waals surface area contributed by atoms with Crippen LogP contribution in [0.15, 0.2) is 73.1 Å². The number of fused-ring (bicyclic) bond motifs is 1. The third-order valence-corrected chi connectivity index (χ3v) is 6.21. The predicted octanol–water partition coefficient (Wildman–Crippen LogP) is 5.73. The Morgan fingerprint density at radius 1 is 0.974 bits per heavy atom. The number of hydrogen-bond donors (Lipinski definition) is 2. The molecule has 0 saturated heterocycles. The molecule has 38 heavy (non-hydrogen) atoms. The standard InChI is InChI=1S/C29H28N6O3/c1-5-35-26-9-8-21(38-22-11-13-31-25(17-22)28(36)30-3)16-24(26)34-29(35)33-20-7-6-18(2)23(15-20)19-10-12-32-27(14-19)37-4/h6-17H,5H2,1-4H3,(H,30,36)(H,33,34). The number of nitrogens with zero attached hydrogens (tertiary/aromatic N) is 4. The van der Waals surface area contributed by atoms with Crippen LogP contribution in [0.2, 0.25) is 0 Å². The van der Waals surface area contributed by atoms with Gasteiger partial charge in [-0.1, -0.05) is 6.07 Å². The smallest absolute Gasteiger partial charge is 0.269 e. The second-order valence-corrected chi connectivity index (χ2v) is 8.63. The van der Waals surface area contributed by atoms with Gasteiger partial charge in [-0.3, -0.25) is 9.78 Å². The molecule has 9 nitrogen and oxygen atoms in total. The summed E-state index contributed by atoms with van der Waals surface area (Å²) in [6, 6.07) is 19.2. The van der Waals surface area contributed by atoms with Crippen molar-refractivity contribution in [2.45, 2.75) is 20.4 Å². The molecule has 1 amide bonds. The Labute approximate surface area is 220 Å². The predicted molar refractivity (Wildman–Crippen MR) is 147 cm³/mol. The first-order chi connectivity index (χ1) is 18.5. The second-order valence-electron chi connectivity index (χ2n) is 8.63. The highest BCUT2D eigenvalue weighted by Gasteiger charge is 2.13. The number of benzene rings is 2. The molecule has 0 unspecified atom stereocenters. The first kappa shape index (κ1) is 24.8. The molecule has 5 rings (SSSR count). The summed E-state index contributed by atoms with van der Waals surface area (Å²) in [6.07, 6.45) is 3.29. The number of ether oxygens (including phenoxy) is 2. The van der Waals surface area contributed by atoms with E-state index in [4.69, 9.17) is 14.5 Å². The molecule has 0 aliphatic heterocycles. The summed E-state index contributed by atoms with van der Waals surface area (Å²) < 4.78 is 13.4. The van der Waals surface area contributed by atoms with Crippen molar-refractivity contribution in [1.82, 2.24) is 24.8 Å². The molecule has 2 aromatic carbocycles. The van der Waals surface area contributed by atoms with Gasteiger partial charge >= 0.3 is 0 Å². The number of nitrogens with one attached hydrogen (secondary N) is 2. The van der Waals surface area contributed by atoms with E-state index < -0.39 is 0 Å². The van der Waals surface area contributed by atoms with Crippen LogP contribution >= 0.6 is 0 Å². The van der Waals surface area contributed by atoms with Crippen LogP contribution in [0.5, 0.6) is 17.4 Å². The van der Waals surface area contributed by atoms with Gasteiger partial charge in [0.15, 0.2) is 0 Å². The first-order valence-electron chi connectivity index (χ1n) is 12.2. The molecule has 0 fully saturated rings. The Bertz CT molecular complexity index is 1630. The molecule has 0 atom stereocenters. The molecule has 0 aliphatic rings. The third kappa shape index (κ3) is 4.99. The fourth-order valence-corrected chi connectivity index (χ4v) is 4.28. The van der Waals surface area contributed by atoms with Crippen molar-refractivity contribution in [3.8, 4) is 28.5 Å². The van der Waals surface area contributed by atoms with Crippen molar-refractivity contribution in [2.75, 3.05) is 19.5 Å². The quantitative estimate of drug-likeness (QED) is 0.276. The molecule has 192 valence electrons. The van der Waals surface area contributed by atoms with Gasteiger partial charge in [0.1, 0.15) is 17.2 Å². The number of pyridine rings is 2. The molecule has 0 spiro atoms. The van der Waals surface area contributed by atoms with Crippen LogP contribution < -0.4 is 20.1 Å². The average molecular weight is 509 g/mol. The van der Waals surface area contributed by atoms with Gasteiger partial charge in [0.05, 0.1) is 18.1 Å². The van der Waals surface area contributed by atoms with Crippen molar-refractivity contribution >= 4 is 28.6 Å². The minimum absolute atomic E-state index is 0.273. The topological polar surface area (TPSA) is 103 Å². The zero-order valence-corrected chi connectivity index (χ0v) is 21.6. The molecule has 5 aromatic rings. The van der Waals surface area contributed by atoms with E-state index in [9.17, 15) is 4.79 Å². The first-order valence-corrected chi connectivity index (χ1v) is 12.2. The van der Waals surface area contributed by atoms with Crippen LogP contribution in [0, 0.1) is 6.92 Å². The van der Waals surface area contributed by atoms with E-state index in [1.54, 1.807) is 38.7 Å². The Morgan fingerprint density at radius 3 is 2.58 bits per heavy atom. The van der Waals surface area contributed by atoms with E-state index in [2.05, 4.69) is 51.1 Å². The van der Waals surface area contributed by atoms with Gasteiger partial charge in [-0.15, -0.1) is 0 Å². The minimum atomic E-state index is -0.273. The van der Waals surface area contributed by atoms with Gasteiger partial charge in [-0.2, -0.15) is 0 Å². The van der Waals surface area contributed by atoms with Gasteiger partial charge in [0, 0.05) is 49.9 Å². The number of hydrogen-bond acceptors (Lipinski definition) is 7.